The second kappa shape index (κ2) is 15.2. The van der Waals surface area contributed by atoms with Crippen LogP contribution in [0.15, 0.2) is 42.6 Å². The lowest BCUT2D eigenvalue weighted by Gasteiger charge is -2.46. The number of likely N-dealkylation sites (tertiary alicyclic amines) is 1. The Morgan fingerprint density at radius 3 is 2.45 bits per heavy atom. The second-order valence-electron chi connectivity index (χ2n) is 17.8. The number of hydrogen-bond donors (Lipinski definition) is 2. The summed E-state index contributed by atoms with van der Waals surface area (Å²) < 4.78 is 66.8. The predicted octanol–water partition coefficient (Wildman–Crippen LogP) is 6.24. The van der Waals surface area contributed by atoms with Gasteiger partial charge in [-0.15, -0.1) is 0 Å². The third-order valence-electron chi connectivity index (χ3n) is 14.5. The number of piperidine rings is 3. The summed E-state index contributed by atoms with van der Waals surface area (Å²) in [5.74, 6) is -1.19. The van der Waals surface area contributed by atoms with E-state index in [1.54, 1.807) is 23.2 Å². The number of anilines is 1. The normalized spacial score (nSPS) is 24.8. The standard InChI is InChI=1S/C45H49F4N7O4/c1-25-18-30-28(3-5-36-31(30)21-50-52-36)41(55(25)24-38(48)49)40-34(46)19-27(20-35(40)47)54-13-8-26(9-14-54)22-53-15-10-45(11-16-53)12-17-60-42-32-23-56(37-6-7-39(57)51-43(37)58)44(59)29(32)2-4-33(42)45/h2-5,19-21,25-26,37-38,41H,6-18,22-24H2,1H3,(H,50,52)(H,51,57,58)/t25-,37?,41+/m1/s1. The van der Waals surface area contributed by atoms with Crippen molar-refractivity contribution in [1.82, 2.24) is 30.2 Å². The number of alkyl halides is 2. The molecule has 3 atom stereocenters. The van der Waals surface area contributed by atoms with E-state index in [-0.39, 0.29) is 41.8 Å². The summed E-state index contributed by atoms with van der Waals surface area (Å²) in [6.45, 7) is 6.19. The zero-order chi connectivity index (χ0) is 41.4. The molecule has 0 bridgehead atoms. The highest BCUT2D eigenvalue weighted by Crippen LogP contribution is 2.50. The van der Waals surface area contributed by atoms with Crippen molar-refractivity contribution in [2.45, 2.75) is 94.8 Å². The number of nitrogens with zero attached hydrogens (tertiary/aromatic N) is 5. The number of rotatable bonds is 7. The topological polar surface area (TPSA) is 114 Å². The summed E-state index contributed by atoms with van der Waals surface area (Å²) in [6, 6.07) is 8.21. The van der Waals surface area contributed by atoms with Crippen LogP contribution in [0.5, 0.6) is 5.75 Å². The van der Waals surface area contributed by atoms with E-state index in [1.807, 2.05) is 17.9 Å². The van der Waals surface area contributed by atoms with Gasteiger partial charge in [0.15, 0.2) is 0 Å². The maximum atomic E-state index is 16.3. The molecule has 6 aliphatic heterocycles. The Morgan fingerprint density at radius 1 is 0.950 bits per heavy atom. The number of nitrogens with one attached hydrogen (secondary N) is 2. The van der Waals surface area contributed by atoms with Crippen molar-refractivity contribution in [1.29, 1.82) is 0 Å². The highest BCUT2D eigenvalue weighted by molar-refractivity contribution is 6.05. The number of aromatic nitrogens is 2. The number of benzene rings is 3. The van der Waals surface area contributed by atoms with Crippen molar-refractivity contribution >= 4 is 34.3 Å². The average molecular weight is 828 g/mol. The van der Waals surface area contributed by atoms with Gasteiger partial charge in [-0.25, -0.2) is 17.6 Å². The molecule has 1 unspecified atom stereocenters. The molecule has 3 fully saturated rings. The number of aromatic amines is 1. The fourth-order valence-corrected chi connectivity index (χ4v) is 11.3. The molecule has 11 nitrogen and oxygen atoms in total. The first-order valence-electron chi connectivity index (χ1n) is 21.4. The third kappa shape index (κ3) is 6.63. The first-order valence-corrected chi connectivity index (χ1v) is 21.4. The monoisotopic (exact) mass is 827 g/mol. The quantitative estimate of drug-likeness (QED) is 0.167. The minimum Gasteiger partial charge on any atom is -0.493 e. The molecule has 3 saturated heterocycles. The lowest BCUT2D eigenvalue weighted by Crippen LogP contribution is -2.52. The van der Waals surface area contributed by atoms with Crippen LogP contribution in [0.4, 0.5) is 23.2 Å². The van der Waals surface area contributed by atoms with Gasteiger partial charge in [-0.1, -0.05) is 12.1 Å². The number of halogens is 4. The van der Waals surface area contributed by atoms with Crippen LogP contribution in [0.1, 0.15) is 96.1 Å². The Balaban J connectivity index is 0.790. The van der Waals surface area contributed by atoms with Crippen molar-refractivity contribution in [3.05, 3.63) is 87.6 Å². The summed E-state index contributed by atoms with van der Waals surface area (Å²) in [7, 11) is 0. The molecule has 10 rings (SSSR count). The van der Waals surface area contributed by atoms with Crippen LogP contribution < -0.4 is 15.0 Å². The van der Waals surface area contributed by atoms with Crippen LogP contribution in [0.25, 0.3) is 10.9 Å². The number of imide groups is 1. The average Bonchev–Trinajstić information content (AvgIpc) is 3.85. The van der Waals surface area contributed by atoms with Crippen LogP contribution >= 0.6 is 0 Å². The van der Waals surface area contributed by atoms with E-state index >= 15 is 8.78 Å². The lowest BCUT2D eigenvalue weighted by atomic mass is 9.68. The van der Waals surface area contributed by atoms with Gasteiger partial charge in [0, 0.05) is 70.8 Å². The molecule has 60 heavy (non-hydrogen) atoms. The maximum absolute atomic E-state index is 16.3. The van der Waals surface area contributed by atoms with Crippen molar-refractivity contribution in [3.63, 3.8) is 0 Å². The molecule has 0 saturated carbocycles. The first kappa shape index (κ1) is 39.1. The summed E-state index contributed by atoms with van der Waals surface area (Å²) in [4.78, 5) is 45.5. The molecule has 1 aromatic heterocycles. The fraction of sp³-hybridized carbons (Fsp3) is 0.511. The predicted molar refractivity (Wildman–Crippen MR) is 215 cm³/mol. The van der Waals surface area contributed by atoms with Crippen LogP contribution in [0.2, 0.25) is 0 Å². The Bertz CT molecular complexity index is 2350. The molecule has 3 amide bonds. The molecule has 316 valence electrons. The molecule has 4 aromatic rings. The molecule has 7 heterocycles. The van der Waals surface area contributed by atoms with Crippen molar-refractivity contribution in [2.24, 2.45) is 5.92 Å². The van der Waals surface area contributed by atoms with Gasteiger partial charge in [0.2, 0.25) is 11.8 Å². The van der Waals surface area contributed by atoms with Gasteiger partial charge in [-0.2, -0.15) is 5.10 Å². The van der Waals surface area contributed by atoms with Gasteiger partial charge in [0.05, 0.1) is 37.5 Å². The molecular formula is C45H49F4N7O4. The molecular weight excluding hydrogens is 779 g/mol. The zero-order valence-electron chi connectivity index (χ0n) is 33.6. The highest BCUT2D eigenvalue weighted by atomic mass is 19.3. The fourth-order valence-electron chi connectivity index (χ4n) is 11.3. The van der Waals surface area contributed by atoms with Gasteiger partial charge < -0.3 is 19.4 Å². The number of fused-ring (bicyclic) bond motifs is 7. The van der Waals surface area contributed by atoms with Gasteiger partial charge in [-0.3, -0.25) is 29.7 Å². The van der Waals surface area contributed by atoms with E-state index in [0.717, 1.165) is 85.1 Å². The molecule has 0 radical (unpaired) electrons. The lowest BCUT2D eigenvalue weighted by molar-refractivity contribution is -0.136. The first-order chi connectivity index (χ1) is 29.0. The van der Waals surface area contributed by atoms with Gasteiger partial charge in [-0.05, 0) is 106 Å². The number of carbonyl (C=O) groups is 3. The minimum absolute atomic E-state index is 0.0619. The maximum Gasteiger partial charge on any atom is 0.255 e. The van der Waals surface area contributed by atoms with E-state index < -0.39 is 42.6 Å². The SMILES string of the molecule is C[C@@H]1Cc2c(ccc3[nH]ncc23)[C@@H](c2c(F)cc(N3CCC(CN4CCC5(CCOc6c5ccc5c6CN(C6CCC(=O)NC6=O)C5=O)CC4)CC3)cc2F)N1CC(F)F. The van der Waals surface area contributed by atoms with Crippen molar-refractivity contribution in [2.75, 3.05) is 50.8 Å². The second-order valence-corrected chi connectivity index (χ2v) is 17.8. The van der Waals surface area contributed by atoms with E-state index in [0.29, 0.717) is 55.3 Å². The molecule has 15 heteroatoms. The van der Waals surface area contributed by atoms with E-state index in [2.05, 4.69) is 26.5 Å². The van der Waals surface area contributed by atoms with Gasteiger partial charge >= 0.3 is 0 Å². The number of hydrogen-bond acceptors (Lipinski definition) is 8. The molecule has 3 aromatic carbocycles. The molecule has 0 aliphatic carbocycles. The van der Waals surface area contributed by atoms with Crippen molar-refractivity contribution < 1.29 is 36.7 Å². The number of ether oxygens (including phenoxy) is 1. The van der Waals surface area contributed by atoms with E-state index in [9.17, 15) is 23.2 Å². The molecule has 2 N–H and O–H groups in total. The number of carbonyl (C=O) groups excluding carboxylic acids is 3. The Kier molecular flexibility index (Phi) is 9.89. The van der Waals surface area contributed by atoms with Crippen LogP contribution in [-0.4, -0.2) is 107 Å². The third-order valence-corrected chi connectivity index (χ3v) is 14.5. The Morgan fingerprint density at radius 2 is 1.72 bits per heavy atom. The van der Waals surface area contributed by atoms with Crippen LogP contribution in [0, 0.1) is 17.6 Å². The Labute approximate surface area is 345 Å². The number of amides is 3. The summed E-state index contributed by atoms with van der Waals surface area (Å²) in [5, 5.41) is 10.3. The molecule has 1 spiro atoms. The van der Waals surface area contributed by atoms with Crippen LogP contribution in [-0.2, 0) is 28.0 Å². The van der Waals surface area contributed by atoms with E-state index in [4.69, 9.17) is 4.74 Å². The highest BCUT2D eigenvalue weighted by Gasteiger charge is 2.46. The largest absolute Gasteiger partial charge is 0.493 e. The Hall–Kier alpha value is -5.02. The smallest absolute Gasteiger partial charge is 0.255 e. The van der Waals surface area contributed by atoms with Gasteiger partial charge in [0.1, 0.15) is 23.4 Å². The molecule has 6 aliphatic rings. The number of H-pyrrole nitrogens is 1. The summed E-state index contributed by atoms with van der Waals surface area (Å²) in [5.41, 5.74) is 5.04. The summed E-state index contributed by atoms with van der Waals surface area (Å²) >= 11 is 0. The summed E-state index contributed by atoms with van der Waals surface area (Å²) in [6.07, 6.45) is 4.58. The van der Waals surface area contributed by atoms with Gasteiger partial charge in [0.25, 0.3) is 12.3 Å². The minimum atomic E-state index is -2.67. The van der Waals surface area contributed by atoms with E-state index in [1.165, 1.54) is 17.0 Å². The van der Waals surface area contributed by atoms with Crippen LogP contribution in [0.3, 0.4) is 0 Å². The zero-order valence-corrected chi connectivity index (χ0v) is 33.6. The van der Waals surface area contributed by atoms with Crippen molar-refractivity contribution in [3.8, 4) is 5.75 Å².